The lowest BCUT2D eigenvalue weighted by Gasteiger charge is -2.12. The molecular weight excluding hydrogens is 164 g/mol. The van der Waals surface area contributed by atoms with E-state index in [2.05, 4.69) is 19.9 Å². The molecule has 1 aliphatic heterocycles. The highest BCUT2D eigenvalue weighted by molar-refractivity contribution is 5.99. The van der Waals surface area contributed by atoms with Gasteiger partial charge < -0.3 is 4.90 Å². The van der Waals surface area contributed by atoms with Gasteiger partial charge in [-0.15, -0.1) is 0 Å². The SMILES string of the molecule is Cc1ncc(C2=NCCN2C)cn1. The summed E-state index contributed by atoms with van der Waals surface area (Å²) in [5.41, 5.74) is 1.01. The molecule has 0 saturated heterocycles. The standard InChI is InChI=1S/C9H12N4/c1-7-11-5-8(6-12-7)9-10-3-4-13(9)2/h5-6H,3-4H2,1-2H3. The Labute approximate surface area is 77.3 Å². The summed E-state index contributed by atoms with van der Waals surface area (Å²) in [6, 6.07) is 0. The van der Waals surface area contributed by atoms with E-state index in [1.165, 1.54) is 0 Å². The van der Waals surface area contributed by atoms with Crippen LogP contribution < -0.4 is 0 Å². The van der Waals surface area contributed by atoms with Gasteiger partial charge in [0.2, 0.25) is 0 Å². The van der Waals surface area contributed by atoms with Gasteiger partial charge in [0.15, 0.2) is 0 Å². The topological polar surface area (TPSA) is 41.4 Å². The highest BCUT2D eigenvalue weighted by Gasteiger charge is 2.14. The van der Waals surface area contributed by atoms with Crippen LogP contribution in [0, 0.1) is 6.92 Å². The fourth-order valence-corrected chi connectivity index (χ4v) is 1.35. The molecule has 4 heteroatoms. The molecule has 4 nitrogen and oxygen atoms in total. The number of amidine groups is 1. The van der Waals surface area contributed by atoms with Crippen LogP contribution in [0.3, 0.4) is 0 Å². The predicted octanol–water partition coefficient (Wildman–Crippen LogP) is 0.477. The average Bonchev–Trinajstić information content (AvgIpc) is 2.53. The normalized spacial score (nSPS) is 16.2. The molecule has 0 aliphatic carbocycles. The Morgan fingerprint density at radius 2 is 2.00 bits per heavy atom. The second kappa shape index (κ2) is 3.12. The highest BCUT2D eigenvalue weighted by atomic mass is 15.2. The Bertz CT molecular complexity index is 328. The molecule has 2 rings (SSSR count). The molecule has 0 unspecified atom stereocenters. The molecule has 1 aromatic rings. The zero-order chi connectivity index (χ0) is 9.26. The third kappa shape index (κ3) is 1.52. The van der Waals surface area contributed by atoms with Gasteiger partial charge in [0.05, 0.1) is 12.1 Å². The number of aryl methyl sites for hydroxylation is 1. The van der Waals surface area contributed by atoms with Gasteiger partial charge in [0.1, 0.15) is 11.7 Å². The van der Waals surface area contributed by atoms with Gasteiger partial charge in [0, 0.05) is 26.0 Å². The molecule has 2 heterocycles. The Morgan fingerprint density at radius 1 is 1.31 bits per heavy atom. The van der Waals surface area contributed by atoms with E-state index in [0.717, 1.165) is 30.3 Å². The van der Waals surface area contributed by atoms with E-state index >= 15 is 0 Å². The maximum Gasteiger partial charge on any atom is 0.133 e. The van der Waals surface area contributed by atoms with Gasteiger partial charge >= 0.3 is 0 Å². The molecule has 0 bridgehead atoms. The fourth-order valence-electron chi connectivity index (χ4n) is 1.35. The van der Waals surface area contributed by atoms with E-state index in [-0.39, 0.29) is 0 Å². The van der Waals surface area contributed by atoms with E-state index in [1.54, 1.807) is 0 Å². The Hall–Kier alpha value is -1.45. The average molecular weight is 176 g/mol. The monoisotopic (exact) mass is 176 g/mol. The van der Waals surface area contributed by atoms with Crippen LogP contribution in [-0.4, -0.2) is 40.8 Å². The van der Waals surface area contributed by atoms with Crippen molar-refractivity contribution in [3.05, 3.63) is 23.8 Å². The molecule has 0 saturated carbocycles. The minimum absolute atomic E-state index is 0.796. The third-order valence-electron chi connectivity index (χ3n) is 2.10. The largest absolute Gasteiger partial charge is 0.358 e. The molecule has 0 atom stereocenters. The highest BCUT2D eigenvalue weighted by Crippen LogP contribution is 2.07. The Kier molecular flexibility index (Phi) is 1.96. The van der Waals surface area contributed by atoms with Crippen molar-refractivity contribution < 1.29 is 0 Å². The van der Waals surface area contributed by atoms with Crippen molar-refractivity contribution in [2.45, 2.75) is 6.92 Å². The maximum atomic E-state index is 4.38. The summed E-state index contributed by atoms with van der Waals surface area (Å²) in [5, 5.41) is 0. The van der Waals surface area contributed by atoms with E-state index < -0.39 is 0 Å². The van der Waals surface area contributed by atoms with Crippen LogP contribution >= 0.6 is 0 Å². The molecular formula is C9H12N4. The van der Waals surface area contributed by atoms with Crippen molar-refractivity contribution >= 4 is 5.84 Å². The van der Waals surface area contributed by atoms with Crippen LogP contribution in [0.25, 0.3) is 0 Å². The molecule has 0 amide bonds. The van der Waals surface area contributed by atoms with Crippen LogP contribution in [0.4, 0.5) is 0 Å². The summed E-state index contributed by atoms with van der Waals surface area (Å²) in [4.78, 5) is 14.8. The van der Waals surface area contributed by atoms with Crippen LogP contribution in [0.1, 0.15) is 11.4 Å². The minimum Gasteiger partial charge on any atom is -0.358 e. The molecule has 0 N–H and O–H groups in total. The molecule has 13 heavy (non-hydrogen) atoms. The van der Waals surface area contributed by atoms with Crippen molar-refractivity contribution in [2.24, 2.45) is 4.99 Å². The summed E-state index contributed by atoms with van der Waals surface area (Å²) in [5.74, 6) is 1.80. The number of rotatable bonds is 1. The van der Waals surface area contributed by atoms with Crippen molar-refractivity contribution in [2.75, 3.05) is 20.1 Å². The first-order valence-corrected chi connectivity index (χ1v) is 4.32. The number of hydrogen-bond donors (Lipinski definition) is 0. The Balaban J connectivity index is 2.30. The van der Waals surface area contributed by atoms with Gasteiger partial charge in [-0.3, -0.25) is 4.99 Å². The smallest absolute Gasteiger partial charge is 0.133 e. The first-order valence-electron chi connectivity index (χ1n) is 4.32. The minimum atomic E-state index is 0.796. The molecule has 0 fully saturated rings. The summed E-state index contributed by atoms with van der Waals surface area (Å²) in [6.45, 7) is 3.74. The third-order valence-corrected chi connectivity index (χ3v) is 2.10. The van der Waals surface area contributed by atoms with Crippen LogP contribution in [0.15, 0.2) is 17.4 Å². The van der Waals surface area contributed by atoms with Gasteiger partial charge in [-0.2, -0.15) is 0 Å². The first-order chi connectivity index (χ1) is 6.27. The molecule has 0 spiro atoms. The molecule has 0 radical (unpaired) electrons. The second-order valence-corrected chi connectivity index (χ2v) is 3.15. The number of aromatic nitrogens is 2. The predicted molar refractivity (Wildman–Crippen MR) is 50.8 cm³/mol. The number of hydrogen-bond acceptors (Lipinski definition) is 4. The summed E-state index contributed by atoms with van der Waals surface area (Å²) >= 11 is 0. The molecule has 1 aliphatic rings. The van der Waals surface area contributed by atoms with Crippen LogP contribution in [0.2, 0.25) is 0 Å². The van der Waals surface area contributed by atoms with Crippen LogP contribution in [0.5, 0.6) is 0 Å². The van der Waals surface area contributed by atoms with Gasteiger partial charge in [-0.25, -0.2) is 9.97 Å². The zero-order valence-electron chi connectivity index (χ0n) is 7.86. The fraction of sp³-hybridized carbons (Fsp3) is 0.444. The summed E-state index contributed by atoms with van der Waals surface area (Å²) < 4.78 is 0. The molecule has 0 aromatic carbocycles. The lowest BCUT2D eigenvalue weighted by Crippen LogP contribution is -2.23. The van der Waals surface area contributed by atoms with E-state index in [0.29, 0.717) is 0 Å². The van der Waals surface area contributed by atoms with Gasteiger partial charge in [-0.05, 0) is 6.92 Å². The number of aliphatic imine (C=N–C) groups is 1. The van der Waals surface area contributed by atoms with Crippen LogP contribution in [-0.2, 0) is 0 Å². The summed E-state index contributed by atoms with van der Waals surface area (Å²) in [6.07, 6.45) is 3.64. The molecule has 1 aromatic heterocycles. The zero-order valence-corrected chi connectivity index (χ0v) is 7.86. The van der Waals surface area contributed by atoms with E-state index in [1.807, 2.05) is 26.4 Å². The van der Waals surface area contributed by atoms with Gasteiger partial charge in [-0.1, -0.05) is 0 Å². The van der Waals surface area contributed by atoms with Crippen molar-refractivity contribution in [1.29, 1.82) is 0 Å². The second-order valence-electron chi connectivity index (χ2n) is 3.15. The lowest BCUT2D eigenvalue weighted by atomic mass is 10.3. The lowest BCUT2D eigenvalue weighted by molar-refractivity contribution is 0.556. The number of nitrogens with zero attached hydrogens (tertiary/aromatic N) is 4. The van der Waals surface area contributed by atoms with Gasteiger partial charge in [0.25, 0.3) is 0 Å². The molecule has 68 valence electrons. The van der Waals surface area contributed by atoms with E-state index in [4.69, 9.17) is 0 Å². The van der Waals surface area contributed by atoms with Crippen molar-refractivity contribution in [1.82, 2.24) is 14.9 Å². The first kappa shape index (κ1) is 8.16. The van der Waals surface area contributed by atoms with E-state index in [9.17, 15) is 0 Å². The Morgan fingerprint density at radius 3 is 2.54 bits per heavy atom. The van der Waals surface area contributed by atoms with Crippen molar-refractivity contribution in [3.8, 4) is 0 Å². The maximum absolute atomic E-state index is 4.38. The summed E-state index contributed by atoms with van der Waals surface area (Å²) in [7, 11) is 2.03. The van der Waals surface area contributed by atoms with Crippen molar-refractivity contribution in [3.63, 3.8) is 0 Å². The quantitative estimate of drug-likeness (QED) is 0.625. The number of likely N-dealkylation sites (N-methyl/N-ethyl adjacent to an activating group) is 1.